The lowest BCUT2D eigenvalue weighted by Crippen LogP contribution is -2.18. The van der Waals surface area contributed by atoms with E-state index in [0.29, 0.717) is 10.9 Å². The van der Waals surface area contributed by atoms with Gasteiger partial charge in [-0.15, -0.1) is 0 Å². The van der Waals surface area contributed by atoms with E-state index in [9.17, 15) is 0 Å². The predicted molar refractivity (Wildman–Crippen MR) is 128 cm³/mol. The maximum absolute atomic E-state index is 5.42. The van der Waals surface area contributed by atoms with E-state index in [4.69, 9.17) is 17.2 Å². The van der Waals surface area contributed by atoms with Crippen molar-refractivity contribution in [3.05, 3.63) is 71.8 Å². The maximum Gasteiger partial charge on any atom is 0.188 e. The normalized spacial score (nSPS) is 10.9. The van der Waals surface area contributed by atoms with Gasteiger partial charge in [-0.05, 0) is 62.5 Å². The number of nitrogens with one attached hydrogen (secondary N) is 2. The molecule has 30 heavy (non-hydrogen) atoms. The first-order chi connectivity index (χ1) is 14.5. The second-order valence-electron chi connectivity index (χ2n) is 6.96. The highest BCUT2D eigenvalue weighted by atomic mass is 32.2. The Morgan fingerprint density at radius 1 is 0.933 bits per heavy atom. The Kier molecular flexibility index (Phi) is 5.96. The van der Waals surface area contributed by atoms with Gasteiger partial charge in [0.05, 0.1) is 16.8 Å². The molecular weight excluding hydrogens is 412 g/mol. The van der Waals surface area contributed by atoms with Crippen molar-refractivity contribution in [3.8, 4) is 0 Å². The number of hydrogen-bond donors (Lipinski definition) is 2. The van der Waals surface area contributed by atoms with Gasteiger partial charge in [0.1, 0.15) is 5.82 Å². The van der Waals surface area contributed by atoms with Crippen molar-refractivity contribution in [2.45, 2.75) is 24.8 Å². The Hall–Kier alpha value is -2.97. The van der Waals surface area contributed by atoms with Crippen LogP contribution in [0.2, 0.25) is 0 Å². The molecule has 0 atom stereocenters. The lowest BCUT2D eigenvalue weighted by atomic mass is 10.3. The summed E-state index contributed by atoms with van der Waals surface area (Å²) in [5, 5.41) is 7.73. The Morgan fingerprint density at radius 3 is 2.37 bits per heavy atom. The minimum atomic E-state index is 0.541. The summed E-state index contributed by atoms with van der Waals surface area (Å²) in [5.41, 5.74) is 5.78. The molecule has 0 fully saturated rings. The predicted octanol–water partition coefficient (Wildman–Crippen LogP) is 5.08. The summed E-state index contributed by atoms with van der Waals surface area (Å²) in [5.74, 6) is 1.67. The highest BCUT2D eigenvalue weighted by molar-refractivity contribution is 7.98. The third kappa shape index (κ3) is 4.77. The van der Waals surface area contributed by atoms with Gasteiger partial charge < -0.3 is 15.2 Å². The number of anilines is 2. The zero-order chi connectivity index (χ0) is 21.1. The summed E-state index contributed by atoms with van der Waals surface area (Å²) in [6.07, 6.45) is 0. The number of rotatable bonds is 5. The number of aromatic nitrogens is 4. The van der Waals surface area contributed by atoms with Crippen molar-refractivity contribution in [2.24, 2.45) is 7.05 Å². The minimum absolute atomic E-state index is 0.541. The SMILES string of the molecule is Cc1cc(C)nc(SCc2nc3cc(NC(=S)Nc4ccccc4)ccc3n2C)n1. The Morgan fingerprint density at radius 2 is 1.63 bits per heavy atom. The molecule has 0 aliphatic rings. The Balaban J connectivity index is 1.47. The number of thiocarbonyl (C=S) groups is 1. The molecule has 0 spiro atoms. The van der Waals surface area contributed by atoms with Gasteiger partial charge in [-0.1, -0.05) is 30.0 Å². The highest BCUT2D eigenvalue weighted by Crippen LogP contribution is 2.24. The molecule has 0 bridgehead atoms. The fraction of sp³-hybridized carbons (Fsp3) is 0.182. The van der Waals surface area contributed by atoms with Crippen LogP contribution in [-0.4, -0.2) is 24.6 Å². The smallest absolute Gasteiger partial charge is 0.188 e. The van der Waals surface area contributed by atoms with Crippen molar-refractivity contribution >= 4 is 51.5 Å². The number of imidazole rings is 1. The van der Waals surface area contributed by atoms with Crippen LogP contribution in [-0.2, 0) is 12.8 Å². The number of thioether (sulfide) groups is 1. The third-order valence-electron chi connectivity index (χ3n) is 4.56. The van der Waals surface area contributed by atoms with Gasteiger partial charge in [-0.2, -0.15) is 0 Å². The molecular formula is C22H22N6S2. The maximum atomic E-state index is 5.42. The van der Waals surface area contributed by atoms with Crippen LogP contribution in [0.15, 0.2) is 59.8 Å². The molecule has 2 aromatic heterocycles. The number of fused-ring (bicyclic) bond motifs is 1. The summed E-state index contributed by atoms with van der Waals surface area (Å²) in [6.45, 7) is 3.97. The second-order valence-corrected chi connectivity index (χ2v) is 8.31. The molecule has 4 rings (SSSR count). The van der Waals surface area contributed by atoms with Crippen LogP contribution in [0.25, 0.3) is 11.0 Å². The number of para-hydroxylation sites is 1. The lowest BCUT2D eigenvalue weighted by Gasteiger charge is -2.10. The first-order valence-corrected chi connectivity index (χ1v) is 10.9. The molecule has 0 amide bonds. The fourth-order valence-electron chi connectivity index (χ4n) is 3.16. The molecule has 2 N–H and O–H groups in total. The summed E-state index contributed by atoms with van der Waals surface area (Å²) in [6, 6.07) is 17.9. The summed E-state index contributed by atoms with van der Waals surface area (Å²) in [7, 11) is 2.03. The van der Waals surface area contributed by atoms with Gasteiger partial charge >= 0.3 is 0 Å². The van der Waals surface area contributed by atoms with Crippen LogP contribution in [0.3, 0.4) is 0 Å². The van der Waals surface area contributed by atoms with Gasteiger partial charge in [-0.25, -0.2) is 15.0 Å². The Bertz CT molecular complexity index is 1180. The van der Waals surface area contributed by atoms with E-state index in [2.05, 4.69) is 31.2 Å². The fourth-order valence-corrected chi connectivity index (χ4v) is 4.33. The van der Waals surface area contributed by atoms with E-state index in [1.807, 2.05) is 69.4 Å². The van der Waals surface area contributed by atoms with Crippen LogP contribution in [0.4, 0.5) is 11.4 Å². The van der Waals surface area contributed by atoms with Crippen molar-refractivity contribution in [1.82, 2.24) is 19.5 Å². The molecule has 6 nitrogen and oxygen atoms in total. The van der Waals surface area contributed by atoms with Crippen LogP contribution in [0.1, 0.15) is 17.2 Å². The van der Waals surface area contributed by atoms with Gasteiger partial charge in [0.15, 0.2) is 10.3 Å². The molecule has 0 aliphatic carbocycles. The first kappa shape index (κ1) is 20.3. The van der Waals surface area contributed by atoms with Crippen LogP contribution >= 0.6 is 24.0 Å². The lowest BCUT2D eigenvalue weighted by molar-refractivity contribution is 0.866. The molecule has 2 aromatic carbocycles. The number of nitrogens with zero attached hydrogens (tertiary/aromatic N) is 4. The average Bonchev–Trinajstić information content (AvgIpc) is 3.01. The van der Waals surface area contributed by atoms with Crippen molar-refractivity contribution in [3.63, 3.8) is 0 Å². The van der Waals surface area contributed by atoms with E-state index >= 15 is 0 Å². The molecule has 152 valence electrons. The highest BCUT2D eigenvalue weighted by Gasteiger charge is 2.11. The van der Waals surface area contributed by atoms with E-state index in [-0.39, 0.29) is 0 Å². The largest absolute Gasteiger partial charge is 0.332 e. The average molecular weight is 435 g/mol. The molecule has 0 saturated heterocycles. The molecule has 0 aliphatic heterocycles. The zero-order valence-corrected chi connectivity index (χ0v) is 18.6. The third-order valence-corrected chi connectivity index (χ3v) is 5.60. The molecule has 4 aromatic rings. The topological polar surface area (TPSA) is 67.7 Å². The van der Waals surface area contributed by atoms with Crippen LogP contribution in [0.5, 0.6) is 0 Å². The second kappa shape index (κ2) is 8.81. The van der Waals surface area contributed by atoms with Crippen LogP contribution < -0.4 is 10.6 Å². The Labute approximate surface area is 185 Å². The van der Waals surface area contributed by atoms with E-state index < -0.39 is 0 Å². The van der Waals surface area contributed by atoms with Crippen molar-refractivity contribution in [2.75, 3.05) is 10.6 Å². The number of aryl methyl sites for hydroxylation is 3. The van der Waals surface area contributed by atoms with Gasteiger partial charge in [0.25, 0.3) is 0 Å². The molecule has 2 heterocycles. The quantitative estimate of drug-likeness (QED) is 0.258. The minimum Gasteiger partial charge on any atom is -0.332 e. The summed E-state index contributed by atoms with van der Waals surface area (Å²) < 4.78 is 2.11. The first-order valence-electron chi connectivity index (χ1n) is 9.51. The van der Waals surface area contributed by atoms with Gasteiger partial charge in [0, 0.05) is 29.8 Å². The van der Waals surface area contributed by atoms with Crippen LogP contribution in [0, 0.1) is 13.8 Å². The summed E-state index contributed by atoms with van der Waals surface area (Å²) in [4.78, 5) is 13.8. The van der Waals surface area contributed by atoms with E-state index in [1.165, 1.54) is 0 Å². The van der Waals surface area contributed by atoms with E-state index in [1.54, 1.807) is 11.8 Å². The molecule has 0 unspecified atom stereocenters. The number of hydrogen-bond acceptors (Lipinski definition) is 5. The zero-order valence-electron chi connectivity index (χ0n) is 17.0. The van der Waals surface area contributed by atoms with Gasteiger partial charge in [-0.3, -0.25) is 0 Å². The molecule has 8 heteroatoms. The molecule has 0 saturated carbocycles. The number of benzene rings is 2. The van der Waals surface area contributed by atoms with Crippen molar-refractivity contribution in [1.29, 1.82) is 0 Å². The summed E-state index contributed by atoms with van der Waals surface area (Å²) >= 11 is 7.02. The standard InChI is InChI=1S/C22H22N6S2/c1-14-11-15(2)24-22(23-14)30-13-20-27-18-12-17(9-10-19(18)28(20)3)26-21(29)25-16-7-5-4-6-8-16/h4-12H,13H2,1-3H3,(H2,25,26,29). The van der Waals surface area contributed by atoms with E-state index in [0.717, 1.165) is 44.8 Å². The van der Waals surface area contributed by atoms with Gasteiger partial charge in [0.2, 0.25) is 0 Å². The molecule has 0 radical (unpaired) electrons. The monoisotopic (exact) mass is 434 g/mol. The van der Waals surface area contributed by atoms with Crippen molar-refractivity contribution < 1.29 is 0 Å².